The van der Waals surface area contributed by atoms with E-state index in [-0.39, 0.29) is 41.3 Å². The number of aromatic nitrogens is 2. The number of hydrogen-bond donors (Lipinski definition) is 2. The number of thiocarbonyl (C=S) groups is 1. The SMILES string of the molecule is CCCSC(=S)NS(=O)(=O)Oc1nc2ccccc2[nH]1.[H-].[Na+]. The molecule has 0 saturated carbocycles. The molecule has 6 nitrogen and oxygen atoms in total. The van der Waals surface area contributed by atoms with Crippen LogP contribution >= 0.6 is 24.0 Å². The van der Waals surface area contributed by atoms with Crippen LogP contribution in [0.5, 0.6) is 6.01 Å². The molecule has 0 atom stereocenters. The fourth-order valence-corrected chi connectivity index (χ4v) is 3.44. The van der Waals surface area contributed by atoms with E-state index in [4.69, 9.17) is 16.4 Å². The van der Waals surface area contributed by atoms with Crippen LogP contribution in [0.1, 0.15) is 14.8 Å². The van der Waals surface area contributed by atoms with E-state index in [0.29, 0.717) is 11.0 Å². The molecular weight excluding hydrogens is 341 g/mol. The summed E-state index contributed by atoms with van der Waals surface area (Å²) in [6.45, 7) is 1.98. The van der Waals surface area contributed by atoms with Crippen LogP contribution in [0.15, 0.2) is 24.3 Å². The van der Waals surface area contributed by atoms with Crippen LogP contribution < -0.4 is 38.5 Å². The van der Waals surface area contributed by atoms with Crippen molar-refractivity contribution in [1.29, 1.82) is 0 Å². The predicted octanol–water partition coefficient (Wildman–Crippen LogP) is -0.679. The first-order valence-corrected chi connectivity index (χ1v) is 8.64. The molecule has 0 aliphatic carbocycles. The van der Waals surface area contributed by atoms with Crippen molar-refractivity contribution >= 4 is 49.6 Å². The second kappa shape index (κ2) is 8.35. The van der Waals surface area contributed by atoms with Gasteiger partial charge in [0.1, 0.15) is 4.32 Å². The molecule has 1 heterocycles. The Balaban J connectivity index is 0.00000220. The topological polar surface area (TPSA) is 84.1 Å². The van der Waals surface area contributed by atoms with Gasteiger partial charge >= 0.3 is 45.9 Å². The molecule has 2 rings (SSSR count). The normalized spacial score (nSPS) is 10.9. The number of nitrogens with zero attached hydrogens (tertiary/aromatic N) is 1. The summed E-state index contributed by atoms with van der Waals surface area (Å²) in [4.78, 5) is 6.79. The van der Waals surface area contributed by atoms with Gasteiger partial charge in [0, 0.05) is 5.75 Å². The second-order valence-electron chi connectivity index (χ2n) is 3.83. The third-order valence-corrected chi connectivity index (χ3v) is 4.72. The van der Waals surface area contributed by atoms with Crippen LogP contribution in [0.3, 0.4) is 0 Å². The van der Waals surface area contributed by atoms with E-state index in [1.165, 1.54) is 11.8 Å². The molecule has 0 bridgehead atoms. The van der Waals surface area contributed by atoms with E-state index in [0.717, 1.165) is 12.2 Å². The van der Waals surface area contributed by atoms with Crippen molar-refractivity contribution < 1.29 is 43.6 Å². The summed E-state index contributed by atoms with van der Waals surface area (Å²) in [6.07, 6.45) is 0.900. The van der Waals surface area contributed by atoms with Crippen molar-refractivity contribution in [1.82, 2.24) is 14.7 Å². The van der Waals surface area contributed by atoms with E-state index in [2.05, 4.69) is 14.7 Å². The van der Waals surface area contributed by atoms with Gasteiger partial charge in [-0.1, -0.05) is 43.0 Å². The Kier molecular flexibility index (Phi) is 7.45. The Hall–Kier alpha value is -0.320. The van der Waals surface area contributed by atoms with Gasteiger partial charge < -0.3 is 10.6 Å². The van der Waals surface area contributed by atoms with Crippen molar-refractivity contribution in [3.05, 3.63) is 24.3 Å². The van der Waals surface area contributed by atoms with Crippen molar-refractivity contribution in [3.63, 3.8) is 0 Å². The number of thioether (sulfide) groups is 1. The maximum absolute atomic E-state index is 11.8. The van der Waals surface area contributed by atoms with Crippen molar-refractivity contribution in [2.75, 3.05) is 5.75 Å². The fraction of sp³-hybridized carbons (Fsp3) is 0.273. The van der Waals surface area contributed by atoms with Gasteiger partial charge in [0.2, 0.25) is 0 Å². The molecule has 21 heavy (non-hydrogen) atoms. The second-order valence-corrected chi connectivity index (χ2v) is 6.89. The first-order chi connectivity index (χ1) is 9.50. The van der Waals surface area contributed by atoms with Gasteiger partial charge in [-0.05, 0) is 18.6 Å². The van der Waals surface area contributed by atoms with Crippen molar-refractivity contribution in [2.45, 2.75) is 13.3 Å². The number of rotatable bonds is 5. The van der Waals surface area contributed by atoms with Crippen molar-refractivity contribution in [3.8, 4) is 6.01 Å². The van der Waals surface area contributed by atoms with E-state index in [1.54, 1.807) is 18.2 Å². The molecule has 2 N–H and O–H groups in total. The molecule has 10 heteroatoms. The number of imidazole rings is 1. The van der Waals surface area contributed by atoms with Crippen LogP contribution in [0.4, 0.5) is 0 Å². The monoisotopic (exact) mass is 355 g/mol. The van der Waals surface area contributed by atoms with Crippen LogP contribution in [0.25, 0.3) is 11.0 Å². The Morgan fingerprint density at radius 2 is 2.24 bits per heavy atom. The number of H-pyrrole nitrogens is 1. The van der Waals surface area contributed by atoms with E-state index in [9.17, 15) is 8.42 Å². The van der Waals surface area contributed by atoms with Gasteiger partial charge in [-0.3, -0.25) is 0 Å². The third kappa shape index (κ3) is 5.76. The summed E-state index contributed by atoms with van der Waals surface area (Å²) < 4.78 is 30.7. The molecule has 0 amide bonds. The molecule has 110 valence electrons. The summed E-state index contributed by atoms with van der Waals surface area (Å²) in [5.74, 6) is 0.742. The average molecular weight is 355 g/mol. The number of benzene rings is 1. The minimum Gasteiger partial charge on any atom is -1.00 e. The van der Waals surface area contributed by atoms with Gasteiger partial charge in [-0.2, -0.15) is 13.4 Å². The largest absolute Gasteiger partial charge is 1.00 e. The summed E-state index contributed by atoms with van der Waals surface area (Å²) in [5.41, 5.74) is 1.32. The Morgan fingerprint density at radius 3 is 2.90 bits per heavy atom. The van der Waals surface area contributed by atoms with Crippen molar-refractivity contribution in [2.24, 2.45) is 0 Å². The molecule has 0 aliphatic rings. The summed E-state index contributed by atoms with van der Waals surface area (Å²) >= 11 is 6.16. The van der Waals surface area contributed by atoms with Crippen LogP contribution in [-0.4, -0.2) is 28.5 Å². The molecule has 0 aliphatic heterocycles. The Labute approximate surface area is 156 Å². The van der Waals surface area contributed by atoms with E-state index >= 15 is 0 Å². The van der Waals surface area contributed by atoms with Crippen LogP contribution in [0.2, 0.25) is 0 Å². The van der Waals surface area contributed by atoms with Gasteiger partial charge in [0.25, 0.3) is 0 Å². The minimum absolute atomic E-state index is 0. The number of fused-ring (bicyclic) bond motifs is 1. The number of nitrogens with one attached hydrogen (secondary N) is 2. The predicted molar refractivity (Wildman–Crippen MR) is 85.2 cm³/mol. The average Bonchev–Trinajstić information content (AvgIpc) is 2.76. The van der Waals surface area contributed by atoms with Crippen LogP contribution in [0, 0.1) is 0 Å². The molecular formula is C11H14N3NaO3S3. The molecule has 2 aromatic rings. The van der Waals surface area contributed by atoms with Gasteiger partial charge in [0.15, 0.2) is 0 Å². The number of aromatic amines is 1. The molecule has 0 spiro atoms. The number of para-hydroxylation sites is 2. The minimum atomic E-state index is -4.02. The molecule has 0 saturated heterocycles. The maximum Gasteiger partial charge on any atom is 1.00 e. The maximum atomic E-state index is 11.8. The van der Waals surface area contributed by atoms with Crippen LogP contribution in [-0.2, 0) is 10.3 Å². The fourth-order valence-electron chi connectivity index (χ4n) is 1.42. The first kappa shape index (κ1) is 18.7. The third-order valence-electron chi connectivity index (χ3n) is 2.20. The van der Waals surface area contributed by atoms with E-state index < -0.39 is 10.3 Å². The smallest absolute Gasteiger partial charge is 1.00 e. The zero-order valence-electron chi connectivity index (χ0n) is 12.6. The zero-order valence-corrected chi connectivity index (χ0v) is 16.1. The first-order valence-electron chi connectivity index (χ1n) is 5.84. The van der Waals surface area contributed by atoms with E-state index in [1.807, 2.05) is 13.0 Å². The molecule has 0 unspecified atom stereocenters. The molecule has 0 radical (unpaired) electrons. The molecule has 1 aromatic carbocycles. The molecule has 0 fully saturated rings. The Morgan fingerprint density at radius 1 is 1.52 bits per heavy atom. The summed E-state index contributed by atoms with van der Waals surface area (Å²) in [5, 5.41) is 0. The van der Waals surface area contributed by atoms with Gasteiger partial charge in [-0.25, -0.2) is 4.72 Å². The zero-order chi connectivity index (χ0) is 14.6. The van der Waals surface area contributed by atoms with Gasteiger partial charge in [0.05, 0.1) is 11.0 Å². The Bertz CT molecular complexity index is 690. The quantitative estimate of drug-likeness (QED) is 0.546. The summed E-state index contributed by atoms with van der Waals surface area (Å²) in [6, 6.07) is 7.04. The number of hydrogen-bond acceptors (Lipinski definition) is 6. The van der Waals surface area contributed by atoms with Gasteiger partial charge in [-0.15, -0.1) is 0 Å². The molecule has 1 aromatic heterocycles. The standard InChI is InChI=1S/C11H13N3O3S3.Na.H/c1-2-7-19-11(18)14-20(15,16)17-10-12-8-5-3-4-6-9(8)13-10;;/h3-6H,2,7H2,1H3,(H,12,13)(H,14,18);;/q;+1;-1. The summed E-state index contributed by atoms with van der Waals surface area (Å²) in [7, 11) is -4.02.